The fourth-order valence-corrected chi connectivity index (χ4v) is 2.59. The van der Waals surface area contributed by atoms with E-state index in [1.54, 1.807) is 7.11 Å². The summed E-state index contributed by atoms with van der Waals surface area (Å²) in [5.74, 6) is 1.78. The Morgan fingerprint density at radius 1 is 1.47 bits per heavy atom. The highest BCUT2D eigenvalue weighted by atomic mass is 79.9. The van der Waals surface area contributed by atoms with Crippen LogP contribution in [0.5, 0.6) is 5.75 Å². The van der Waals surface area contributed by atoms with Gasteiger partial charge < -0.3 is 10.1 Å². The Balaban J connectivity index is 2.23. The average molecular weight is 298 g/mol. The molecule has 1 aliphatic rings. The fourth-order valence-electron chi connectivity index (χ4n) is 2.21. The maximum Gasteiger partial charge on any atom is 0.123 e. The first-order valence-corrected chi connectivity index (χ1v) is 7.12. The minimum atomic E-state index is 0.447. The number of nitrogens with one attached hydrogen (secondary N) is 1. The third kappa shape index (κ3) is 3.23. The SMILES string of the molecule is CCCNC(c1cc(Br)ccc1OC)C1CC1. The third-order valence-corrected chi connectivity index (χ3v) is 3.73. The lowest BCUT2D eigenvalue weighted by Crippen LogP contribution is -2.24. The Bertz CT molecular complexity index is 376. The quantitative estimate of drug-likeness (QED) is 0.860. The molecule has 1 aromatic carbocycles. The number of hydrogen-bond donors (Lipinski definition) is 1. The van der Waals surface area contributed by atoms with Crippen LogP contribution in [0.4, 0.5) is 0 Å². The van der Waals surface area contributed by atoms with Crippen molar-refractivity contribution in [2.24, 2.45) is 5.92 Å². The summed E-state index contributed by atoms with van der Waals surface area (Å²) < 4.78 is 6.60. The molecule has 3 heteroatoms. The van der Waals surface area contributed by atoms with Gasteiger partial charge in [-0.1, -0.05) is 22.9 Å². The number of benzene rings is 1. The third-order valence-electron chi connectivity index (χ3n) is 3.23. The van der Waals surface area contributed by atoms with Gasteiger partial charge >= 0.3 is 0 Å². The summed E-state index contributed by atoms with van der Waals surface area (Å²) in [7, 11) is 1.75. The molecule has 2 nitrogen and oxygen atoms in total. The van der Waals surface area contributed by atoms with Gasteiger partial charge in [0.1, 0.15) is 5.75 Å². The maximum absolute atomic E-state index is 5.48. The van der Waals surface area contributed by atoms with Crippen LogP contribution in [-0.4, -0.2) is 13.7 Å². The molecule has 0 radical (unpaired) electrons. The second-order valence-corrected chi connectivity index (χ2v) is 5.57. The van der Waals surface area contributed by atoms with Crippen LogP contribution in [0.25, 0.3) is 0 Å². The zero-order valence-corrected chi connectivity index (χ0v) is 12.1. The zero-order valence-electron chi connectivity index (χ0n) is 10.5. The van der Waals surface area contributed by atoms with Gasteiger partial charge in [0, 0.05) is 16.1 Å². The Morgan fingerprint density at radius 2 is 2.24 bits per heavy atom. The molecular weight excluding hydrogens is 278 g/mol. The van der Waals surface area contributed by atoms with E-state index in [0.29, 0.717) is 6.04 Å². The van der Waals surface area contributed by atoms with Crippen LogP contribution >= 0.6 is 15.9 Å². The first-order chi connectivity index (χ1) is 8.26. The highest BCUT2D eigenvalue weighted by Crippen LogP contribution is 2.44. The van der Waals surface area contributed by atoms with Crippen molar-refractivity contribution in [1.29, 1.82) is 0 Å². The van der Waals surface area contributed by atoms with Gasteiger partial charge in [-0.25, -0.2) is 0 Å². The van der Waals surface area contributed by atoms with Gasteiger partial charge in [-0.05, 0) is 49.9 Å². The summed E-state index contributed by atoms with van der Waals surface area (Å²) in [5.41, 5.74) is 1.29. The van der Waals surface area contributed by atoms with Crippen molar-refractivity contribution in [3.8, 4) is 5.75 Å². The molecule has 1 aliphatic carbocycles. The fraction of sp³-hybridized carbons (Fsp3) is 0.571. The number of halogens is 1. The van der Waals surface area contributed by atoms with Crippen molar-refractivity contribution in [2.75, 3.05) is 13.7 Å². The van der Waals surface area contributed by atoms with Gasteiger partial charge in [-0.15, -0.1) is 0 Å². The van der Waals surface area contributed by atoms with E-state index in [0.717, 1.165) is 22.7 Å². The van der Waals surface area contributed by atoms with Crippen LogP contribution in [0.2, 0.25) is 0 Å². The normalized spacial score (nSPS) is 16.9. The van der Waals surface area contributed by atoms with Crippen LogP contribution in [0.15, 0.2) is 22.7 Å². The number of ether oxygens (including phenoxy) is 1. The first-order valence-electron chi connectivity index (χ1n) is 6.33. The lowest BCUT2D eigenvalue weighted by atomic mass is 10.0. The van der Waals surface area contributed by atoms with Crippen molar-refractivity contribution < 1.29 is 4.74 Å². The lowest BCUT2D eigenvalue weighted by molar-refractivity contribution is 0.391. The predicted molar refractivity (Wildman–Crippen MR) is 74.5 cm³/mol. The van der Waals surface area contributed by atoms with Crippen LogP contribution in [0.3, 0.4) is 0 Å². The molecule has 0 saturated heterocycles. The van der Waals surface area contributed by atoms with Crippen LogP contribution < -0.4 is 10.1 Å². The summed E-state index contributed by atoms with van der Waals surface area (Å²) in [6.07, 6.45) is 3.83. The smallest absolute Gasteiger partial charge is 0.123 e. The second kappa shape index (κ2) is 5.87. The average Bonchev–Trinajstić information content (AvgIpc) is 3.14. The molecular formula is C14H20BrNO. The van der Waals surface area contributed by atoms with Gasteiger partial charge in [-0.2, -0.15) is 0 Å². The number of rotatable bonds is 6. The minimum Gasteiger partial charge on any atom is -0.496 e. The maximum atomic E-state index is 5.48. The van der Waals surface area contributed by atoms with Crippen molar-refractivity contribution in [1.82, 2.24) is 5.32 Å². The van der Waals surface area contributed by atoms with Gasteiger partial charge in [0.25, 0.3) is 0 Å². The largest absolute Gasteiger partial charge is 0.496 e. The predicted octanol–water partition coefficient (Wildman–Crippen LogP) is 3.91. The molecule has 0 heterocycles. The van der Waals surface area contributed by atoms with E-state index < -0.39 is 0 Å². The summed E-state index contributed by atoms with van der Waals surface area (Å²) >= 11 is 3.55. The molecule has 94 valence electrons. The van der Waals surface area contributed by atoms with E-state index in [-0.39, 0.29) is 0 Å². The molecule has 2 rings (SSSR count). The van der Waals surface area contributed by atoms with E-state index in [4.69, 9.17) is 4.74 Å². The molecule has 1 atom stereocenters. The van der Waals surface area contributed by atoms with Crippen molar-refractivity contribution in [3.63, 3.8) is 0 Å². The lowest BCUT2D eigenvalue weighted by Gasteiger charge is -2.21. The van der Waals surface area contributed by atoms with Gasteiger partial charge in [-0.3, -0.25) is 0 Å². The second-order valence-electron chi connectivity index (χ2n) is 4.66. The molecule has 1 saturated carbocycles. The Hall–Kier alpha value is -0.540. The molecule has 1 unspecified atom stereocenters. The van der Waals surface area contributed by atoms with Crippen LogP contribution in [-0.2, 0) is 0 Å². The van der Waals surface area contributed by atoms with Crippen LogP contribution in [0.1, 0.15) is 37.8 Å². The summed E-state index contributed by atoms with van der Waals surface area (Å²) in [6, 6.07) is 6.71. The van der Waals surface area contributed by atoms with Gasteiger partial charge in [0.2, 0.25) is 0 Å². The molecule has 1 fully saturated rings. The molecule has 0 aromatic heterocycles. The Kier molecular flexibility index (Phi) is 4.46. The summed E-state index contributed by atoms with van der Waals surface area (Å²) in [5, 5.41) is 3.65. The monoisotopic (exact) mass is 297 g/mol. The molecule has 0 bridgehead atoms. The topological polar surface area (TPSA) is 21.3 Å². The molecule has 0 amide bonds. The van der Waals surface area contributed by atoms with Gasteiger partial charge in [0.15, 0.2) is 0 Å². The van der Waals surface area contributed by atoms with Crippen molar-refractivity contribution in [2.45, 2.75) is 32.2 Å². The van der Waals surface area contributed by atoms with Crippen molar-refractivity contribution in [3.05, 3.63) is 28.2 Å². The van der Waals surface area contributed by atoms with Crippen molar-refractivity contribution >= 4 is 15.9 Å². The molecule has 0 aliphatic heterocycles. The molecule has 0 spiro atoms. The standard InChI is InChI=1S/C14H20BrNO/c1-3-8-16-14(10-4-5-10)12-9-11(15)6-7-13(12)17-2/h6-7,9-10,14,16H,3-5,8H2,1-2H3. The summed E-state index contributed by atoms with van der Waals surface area (Å²) in [6.45, 7) is 3.27. The zero-order chi connectivity index (χ0) is 12.3. The highest BCUT2D eigenvalue weighted by molar-refractivity contribution is 9.10. The van der Waals surface area contributed by atoms with Gasteiger partial charge in [0.05, 0.1) is 7.11 Å². The Morgan fingerprint density at radius 3 is 2.82 bits per heavy atom. The highest BCUT2D eigenvalue weighted by Gasteiger charge is 2.33. The van der Waals surface area contributed by atoms with E-state index in [9.17, 15) is 0 Å². The number of methoxy groups -OCH3 is 1. The Labute approximate surface area is 112 Å². The van der Waals surface area contributed by atoms with E-state index in [1.807, 2.05) is 12.1 Å². The molecule has 1 aromatic rings. The minimum absolute atomic E-state index is 0.447. The van der Waals surface area contributed by atoms with E-state index in [2.05, 4.69) is 34.2 Å². The summed E-state index contributed by atoms with van der Waals surface area (Å²) in [4.78, 5) is 0. The van der Waals surface area contributed by atoms with E-state index >= 15 is 0 Å². The number of hydrogen-bond acceptors (Lipinski definition) is 2. The van der Waals surface area contributed by atoms with E-state index in [1.165, 1.54) is 24.8 Å². The molecule has 17 heavy (non-hydrogen) atoms. The first kappa shape index (κ1) is 12.9. The van der Waals surface area contributed by atoms with Crippen LogP contribution in [0, 0.1) is 5.92 Å². The molecule has 1 N–H and O–H groups in total.